The van der Waals surface area contributed by atoms with Crippen molar-refractivity contribution in [2.24, 2.45) is 0 Å². The first-order valence-corrected chi connectivity index (χ1v) is 10.2. The highest BCUT2D eigenvalue weighted by molar-refractivity contribution is 6.03. The number of carbonyl (C=O) groups excluding carboxylic acids is 1. The van der Waals surface area contributed by atoms with E-state index < -0.39 is 24.2 Å². The number of ether oxygens (including phenoxy) is 4. The van der Waals surface area contributed by atoms with Gasteiger partial charge in [0.1, 0.15) is 12.6 Å². The van der Waals surface area contributed by atoms with Crippen molar-refractivity contribution in [1.82, 2.24) is 5.16 Å². The van der Waals surface area contributed by atoms with Crippen molar-refractivity contribution in [2.45, 2.75) is 38.4 Å². The van der Waals surface area contributed by atoms with E-state index in [-0.39, 0.29) is 35.6 Å². The number of nitrogens with one attached hydrogen (secondary N) is 1. The van der Waals surface area contributed by atoms with Gasteiger partial charge in [0.15, 0.2) is 17.9 Å². The zero-order valence-corrected chi connectivity index (χ0v) is 17.2. The van der Waals surface area contributed by atoms with Crippen molar-refractivity contribution in [2.75, 3.05) is 42.7 Å². The molecule has 0 aliphatic carbocycles. The molecule has 1 aromatic heterocycles. The van der Waals surface area contributed by atoms with E-state index >= 15 is 4.39 Å². The Morgan fingerprint density at radius 3 is 2.61 bits per heavy atom. The van der Waals surface area contributed by atoms with Crippen molar-refractivity contribution in [3.05, 3.63) is 17.4 Å². The summed E-state index contributed by atoms with van der Waals surface area (Å²) in [5.41, 5.74) is 0.728. The predicted molar refractivity (Wildman–Crippen MR) is 107 cm³/mol. The van der Waals surface area contributed by atoms with Gasteiger partial charge in [-0.05, 0) is 19.9 Å². The lowest BCUT2D eigenvalue weighted by atomic mass is 10.0. The van der Waals surface area contributed by atoms with Gasteiger partial charge < -0.3 is 33.8 Å². The third-order valence-corrected chi connectivity index (χ3v) is 5.63. The van der Waals surface area contributed by atoms with Crippen LogP contribution in [-0.2, 0) is 18.9 Å². The number of fused-ring (bicyclic) bond motifs is 1. The van der Waals surface area contributed by atoms with Crippen molar-refractivity contribution >= 4 is 34.8 Å². The van der Waals surface area contributed by atoms with Crippen LogP contribution in [0.15, 0.2) is 10.6 Å². The molecule has 0 spiro atoms. The highest BCUT2D eigenvalue weighted by Crippen LogP contribution is 2.42. The molecule has 0 radical (unpaired) electrons. The van der Waals surface area contributed by atoms with Crippen molar-refractivity contribution < 1.29 is 32.7 Å². The Balaban J connectivity index is 1.67. The van der Waals surface area contributed by atoms with Crippen LogP contribution in [0.3, 0.4) is 0 Å². The molecule has 1 amide bonds. The van der Waals surface area contributed by atoms with Gasteiger partial charge in [-0.25, -0.2) is 14.1 Å². The van der Waals surface area contributed by atoms with E-state index in [0.29, 0.717) is 37.6 Å². The van der Waals surface area contributed by atoms with Gasteiger partial charge in [0, 0.05) is 24.9 Å². The summed E-state index contributed by atoms with van der Waals surface area (Å²) < 4.78 is 43.5. The summed E-state index contributed by atoms with van der Waals surface area (Å²) in [6, 6.07) is 1.04. The summed E-state index contributed by atoms with van der Waals surface area (Å²) in [4.78, 5) is 15.3. The van der Waals surface area contributed by atoms with Gasteiger partial charge in [-0.3, -0.25) is 0 Å². The number of hydrogen-bond acceptors (Lipinski definition) is 9. The van der Waals surface area contributed by atoms with Gasteiger partial charge in [-0.1, -0.05) is 5.16 Å². The molecule has 3 unspecified atom stereocenters. The molecule has 3 atom stereocenters. The zero-order chi connectivity index (χ0) is 21.7. The van der Waals surface area contributed by atoms with Crippen molar-refractivity contribution in [3.63, 3.8) is 0 Å². The number of benzene rings is 1. The lowest BCUT2D eigenvalue weighted by Crippen LogP contribution is -2.46. The number of hydrogen-bond donors (Lipinski definition) is 1. The van der Waals surface area contributed by atoms with E-state index in [9.17, 15) is 4.79 Å². The molecule has 1 aromatic carbocycles. The van der Waals surface area contributed by atoms with Crippen molar-refractivity contribution in [1.29, 1.82) is 5.41 Å². The molecule has 31 heavy (non-hydrogen) atoms. The first kappa shape index (κ1) is 20.2. The van der Waals surface area contributed by atoms with Gasteiger partial charge in [0.2, 0.25) is 5.58 Å². The van der Waals surface area contributed by atoms with Crippen LogP contribution < -0.4 is 9.80 Å². The molecular weight excluding hydrogens is 411 g/mol. The average Bonchev–Trinajstić information content (AvgIpc) is 3.46. The zero-order valence-electron chi connectivity index (χ0n) is 17.2. The highest BCUT2D eigenvalue weighted by atomic mass is 19.1. The Hall–Kier alpha value is -2.76. The molecule has 10 nitrogen and oxygen atoms in total. The Labute approximate surface area is 177 Å². The molecule has 11 heteroatoms. The van der Waals surface area contributed by atoms with E-state index in [4.69, 9.17) is 28.9 Å². The monoisotopic (exact) mass is 434 g/mol. The summed E-state index contributed by atoms with van der Waals surface area (Å²) in [6.07, 6.45) is -0.519. The molecule has 0 bridgehead atoms. The van der Waals surface area contributed by atoms with Crippen LogP contribution in [-0.4, -0.2) is 68.6 Å². The summed E-state index contributed by atoms with van der Waals surface area (Å²) >= 11 is 0. The lowest BCUT2D eigenvalue weighted by Gasteiger charge is -2.38. The summed E-state index contributed by atoms with van der Waals surface area (Å²) in [5, 5.41) is 11.8. The second-order valence-electron chi connectivity index (χ2n) is 7.93. The number of morpholine rings is 1. The molecule has 0 saturated carbocycles. The second kappa shape index (κ2) is 7.74. The largest absolute Gasteiger partial charge is 0.446 e. The Morgan fingerprint density at radius 2 is 1.94 bits per heavy atom. The average molecular weight is 434 g/mol. The number of halogens is 1. The number of amides is 1. The van der Waals surface area contributed by atoms with E-state index in [1.165, 1.54) is 4.90 Å². The second-order valence-corrected chi connectivity index (χ2v) is 7.93. The number of nitrogens with zero attached hydrogens (tertiary/aromatic N) is 3. The topological polar surface area (TPSA) is 110 Å². The summed E-state index contributed by atoms with van der Waals surface area (Å²) in [5.74, 6) is -0.509. The molecule has 3 aliphatic rings. The molecule has 3 aliphatic heterocycles. The van der Waals surface area contributed by atoms with Crippen LogP contribution in [0.5, 0.6) is 0 Å². The summed E-state index contributed by atoms with van der Waals surface area (Å²) in [7, 11) is 0. The van der Waals surface area contributed by atoms with Crippen LogP contribution in [0.25, 0.3) is 11.0 Å². The van der Waals surface area contributed by atoms with Crippen LogP contribution in [0.4, 0.5) is 20.7 Å². The maximum absolute atomic E-state index is 15.9. The minimum absolute atomic E-state index is 0.0164. The Bertz CT molecular complexity index is 1010. The summed E-state index contributed by atoms with van der Waals surface area (Å²) in [6.45, 7) is 5.65. The van der Waals surface area contributed by atoms with Gasteiger partial charge in [-0.15, -0.1) is 0 Å². The van der Waals surface area contributed by atoms with Crippen LogP contribution in [0, 0.1) is 11.2 Å². The van der Waals surface area contributed by atoms with Gasteiger partial charge in [0.25, 0.3) is 0 Å². The normalized spacial score (nSPS) is 27.3. The third kappa shape index (κ3) is 3.33. The first-order valence-electron chi connectivity index (χ1n) is 10.2. The Kier molecular flexibility index (Phi) is 5.03. The molecule has 4 heterocycles. The lowest BCUT2D eigenvalue weighted by molar-refractivity contribution is -0.0445. The van der Waals surface area contributed by atoms with E-state index in [1.54, 1.807) is 6.07 Å². The SMILES string of the molecule is CC1CN(c2c(C3OCCO3)cc3c(N4C(=O)OCC4C=N)noc3c2F)CC(C)O1. The quantitative estimate of drug-likeness (QED) is 0.732. The first-order chi connectivity index (χ1) is 15.0. The molecule has 5 rings (SSSR count). The molecule has 1 N–H and O–H groups in total. The smallest absolute Gasteiger partial charge is 0.416 e. The van der Waals surface area contributed by atoms with Crippen LogP contribution in [0.2, 0.25) is 0 Å². The van der Waals surface area contributed by atoms with E-state index in [2.05, 4.69) is 5.16 Å². The molecule has 3 fully saturated rings. The van der Waals surface area contributed by atoms with Gasteiger partial charge in [0.05, 0.1) is 36.5 Å². The maximum Gasteiger partial charge on any atom is 0.416 e. The van der Waals surface area contributed by atoms with Crippen LogP contribution >= 0.6 is 0 Å². The number of aromatic nitrogens is 1. The number of rotatable bonds is 4. The molecule has 3 saturated heterocycles. The fourth-order valence-electron chi connectivity index (χ4n) is 4.41. The van der Waals surface area contributed by atoms with E-state index in [0.717, 1.165) is 6.21 Å². The fraction of sp³-hybridized carbons (Fsp3) is 0.550. The van der Waals surface area contributed by atoms with Crippen LogP contribution in [0.1, 0.15) is 25.7 Å². The van der Waals surface area contributed by atoms with Gasteiger partial charge >= 0.3 is 6.09 Å². The number of anilines is 2. The van der Waals surface area contributed by atoms with E-state index in [1.807, 2.05) is 18.7 Å². The highest BCUT2D eigenvalue weighted by Gasteiger charge is 2.39. The minimum atomic E-state index is -0.755. The fourth-order valence-corrected chi connectivity index (χ4v) is 4.41. The number of carbonyl (C=O) groups is 1. The number of cyclic esters (lactones) is 1. The molecule has 166 valence electrons. The van der Waals surface area contributed by atoms with Gasteiger partial charge in [-0.2, -0.15) is 0 Å². The predicted octanol–water partition coefficient (Wildman–Crippen LogP) is 2.60. The Morgan fingerprint density at radius 1 is 1.23 bits per heavy atom. The molecular formula is C20H23FN4O6. The third-order valence-electron chi connectivity index (χ3n) is 5.63. The minimum Gasteiger partial charge on any atom is -0.446 e. The molecule has 2 aromatic rings. The standard InChI is InChI=1S/C20H23FN4O6/c1-10-7-24(8-11(2)30-10)16-13(19-27-3-4-28-19)5-14-17(15(16)21)31-23-18(14)25-12(6-22)9-29-20(25)26/h5-6,10-12,19,22H,3-4,7-9H2,1-2H3. The van der Waals surface area contributed by atoms with Crippen molar-refractivity contribution in [3.8, 4) is 0 Å². The maximum atomic E-state index is 15.9.